The van der Waals surface area contributed by atoms with Crippen LogP contribution in [0.1, 0.15) is 25.0 Å². The molecule has 2 rings (SSSR count). The maximum absolute atomic E-state index is 11.8. The van der Waals surface area contributed by atoms with E-state index in [-0.39, 0.29) is 12.5 Å². The number of carbonyl (C=O) groups is 2. The fraction of sp³-hybridized carbons (Fsp3) is 0.462. The van der Waals surface area contributed by atoms with E-state index in [0.717, 1.165) is 5.69 Å². The second kappa shape index (κ2) is 6.17. The van der Waals surface area contributed by atoms with E-state index in [1.807, 2.05) is 12.1 Å². The quantitative estimate of drug-likeness (QED) is 0.874. The minimum atomic E-state index is -0.850. The second-order valence-corrected chi connectivity index (χ2v) is 4.44. The van der Waals surface area contributed by atoms with Crippen LogP contribution in [-0.2, 0) is 16.1 Å². The van der Waals surface area contributed by atoms with Crippen molar-refractivity contribution >= 4 is 12.1 Å². The Morgan fingerprint density at radius 3 is 3.05 bits per heavy atom. The molecule has 2 heterocycles. The summed E-state index contributed by atoms with van der Waals surface area (Å²) in [5.74, 6) is -0.850. The van der Waals surface area contributed by atoms with Gasteiger partial charge in [-0.25, -0.2) is 4.79 Å². The molecule has 1 unspecified atom stereocenters. The van der Waals surface area contributed by atoms with Crippen LogP contribution in [0.2, 0.25) is 0 Å². The lowest BCUT2D eigenvalue weighted by atomic mass is 10.1. The molecule has 1 N–H and O–H groups in total. The standard InChI is InChI=1S/C13H16N2O4/c16-12(17)5-4-11-6-8-19-13(18)15(11)9-10-3-1-2-7-14-10/h1-3,7,11H,4-6,8-9H2,(H,16,17). The lowest BCUT2D eigenvalue weighted by molar-refractivity contribution is -0.137. The van der Waals surface area contributed by atoms with E-state index in [1.165, 1.54) is 0 Å². The first-order chi connectivity index (χ1) is 9.16. The number of amides is 1. The zero-order valence-electron chi connectivity index (χ0n) is 10.5. The fourth-order valence-corrected chi connectivity index (χ4v) is 2.12. The minimum Gasteiger partial charge on any atom is -0.481 e. The van der Waals surface area contributed by atoms with Crippen molar-refractivity contribution < 1.29 is 19.4 Å². The molecule has 6 nitrogen and oxygen atoms in total. The summed E-state index contributed by atoms with van der Waals surface area (Å²) in [6, 6.07) is 5.39. The Kier molecular flexibility index (Phi) is 4.33. The van der Waals surface area contributed by atoms with Gasteiger partial charge in [0.2, 0.25) is 0 Å². The average molecular weight is 264 g/mol. The van der Waals surface area contributed by atoms with Gasteiger partial charge in [0.05, 0.1) is 18.8 Å². The van der Waals surface area contributed by atoms with Gasteiger partial charge in [-0.05, 0) is 18.6 Å². The molecule has 102 valence electrons. The highest BCUT2D eigenvalue weighted by molar-refractivity contribution is 5.69. The number of pyridine rings is 1. The third-order valence-corrected chi connectivity index (χ3v) is 3.10. The topological polar surface area (TPSA) is 79.7 Å². The first kappa shape index (κ1) is 13.3. The van der Waals surface area contributed by atoms with E-state index in [9.17, 15) is 9.59 Å². The van der Waals surface area contributed by atoms with Crippen LogP contribution in [0.4, 0.5) is 4.79 Å². The van der Waals surface area contributed by atoms with Crippen molar-refractivity contribution in [1.29, 1.82) is 0 Å². The zero-order valence-corrected chi connectivity index (χ0v) is 10.5. The molecule has 0 radical (unpaired) electrons. The van der Waals surface area contributed by atoms with Gasteiger partial charge in [-0.1, -0.05) is 6.07 Å². The first-order valence-electron chi connectivity index (χ1n) is 6.22. The summed E-state index contributed by atoms with van der Waals surface area (Å²) >= 11 is 0. The summed E-state index contributed by atoms with van der Waals surface area (Å²) in [7, 11) is 0. The second-order valence-electron chi connectivity index (χ2n) is 4.44. The number of ether oxygens (including phenoxy) is 1. The molecule has 1 amide bonds. The molecular weight excluding hydrogens is 248 g/mol. The molecule has 0 saturated carbocycles. The molecule has 19 heavy (non-hydrogen) atoms. The van der Waals surface area contributed by atoms with E-state index in [2.05, 4.69) is 4.98 Å². The SMILES string of the molecule is O=C(O)CCC1CCOC(=O)N1Cc1ccccn1. The average Bonchev–Trinajstić information content (AvgIpc) is 2.40. The Hall–Kier alpha value is -2.11. The molecule has 1 fully saturated rings. The summed E-state index contributed by atoms with van der Waals surface area (Å²) in [5.41, 5.74) is 0.765. The van der Waals surface area contributed by atoms with Crippen LogP contribution in [0.3, 0.4) is 0 Å². The lowest BCUT2D eigenvalue weighted by Gasteiger charge is -2.34. The monoisotopic (exact) mass is 264 g/mol. The van der Waals surface area contributed by atoms with Crippen LogP contribution in [0.5, 0.6) is 0 Å². The van der Waals surface area contributed by atoms with Crippen LogP contribution in [0, 0.1) is 0 Å². The number of hydrogen-bond donors (Lipinski definition) is 1. The predicted molar refractivity (Wildman–Crippen MR) is 66.4 cm³/mol. The summed E-state index contributed by atoms with van der Waals surface area (Å²) in [6.07, 6.45) is 2.42. The van der Waals surface area contributed by atoms with E-state index >= 15 is 0 Å². The number of hydrogen-bond acceptors (Lipinski definition) is 4. The van der Waals surface area contributed by atoms with Crippen LogP contribution >= 0.6 is 0 Å². The molecule has 0 bridgehead atoms. The van der Waals surface area contributed by atoms with Gasteiger partial charge in [0.1, 0.15) is 0 Å². The highest BCUT2D eigenvalue weighted by Crippen LogP contribution is 2.20. The third-order valence-electron chi connectivity index (χ3n) is 3.10. The van der Waals surface area contributed by atoms with Gasteiger partial charge in [-0.15, -0.1) is 0 Å². The van der Waals surface area contributed by atoms with Crippen molar-refractivity contribution in [2.24, 2.45) is 0 Å². The van der Waals surface area contributed by atoms with Gasteiger partial charge in [-0.3, -0.25) is 14.7 Å². The van der Waals surface area contributed by atoms with Crippen LogP contribution in [-0.4, -0.2) is 39.7 Å². The third kappa shape index (κ3) is 3.67. The Labute approximate surface area is 111 Å². The fourth-order valence-electron chi connectivity index (χ4n) is 2.12. The Morgan fingerprint density at radius 2 is 2.37 bits per heavy atom. The van der Waals surface area contributed by atoms with Crippen molar-refractivity contribution in [3.05, 3.63) is 30.1 Å². The van der Waals surface area contributed by atoms with Gasteiger partial charge in [-0.2, -0.15) is 0 Å². The number of rotatable bonds is 5. The molecule has 1 aliphatic heterocycles. The van der Waals surface area contributed by atoms with Gasteiger partial charge in [0, 0.05) is 25.1 Å². The van der Waals surface area contributed by atoms with Crippen molar-refractivity contribution in [2.75, 3.05) is 6.61 Å². The smallest absolute Gasteiger partial charge is 0.410 e. The molecule has 0 aliphatic carbocycles. The van der Waals surface area contributed by atoms with E-state index in [0.29, 0.717) is 26.0 Å². The van der Waals surface area contributed by atoms with Crippen LogP contribution < -0.4 is 0 Å². The van der Waals surface area contributed by atoms with Crippen molar-refractivity contribution in [3.63, 3.8) is 0 Å². The molecule has 1 aromatic rings. The maximum Gasteiger partial charge on any atom is 0.410 e. The number of aliphatic carboxylic acids is 1. The van der Waals surface area contributed by atoms with Gasteiger partial charge < -0.3 is 9.84 Å². The molecule has 0 aromatic carbocycles. The highest BCUT2D eigenvalue weighted by Gasteiger charge is 2.30. The number of carboxylic acid groups (broad SMARTS) is 1. The van der Waals surface area contributed by atoms with Gasteiger partial charge in [0.15, 0.2) is 0 Å². The van der Waals surface area contributed by atoms with Crippen molar-refractivity contribution in [2.45, 2.75) is 31.8 Å². The number of carboxylic acids is 1. The summed E-state index contributed by atoms with van der Waals surface area (Å²) in [5, 5.41) is 8.74. The van der Waals surface area contributed by atoms with E-state index in [1.54, 1.807) is 17.2 Å². The van der Waals surface area contributed by atoms with Crippen LogP contribution in [0.15, 0.2) is 24.4 Å². The Morgan fingerprint density at radius 1 is 1.53 bits per heavy atom. The van der Waals surface area contributed by atoms with E-state index in [4.69, 9.17) is 9.84 Å². The number of nitrogens with zero attached hydrogens (tertiary/aromatic N) is 2. The lowest BCUT2D eigenvalue weighted by Crippen LogP contribution is -2.45. The zero-order chi connectivity index (χ0) is 13.7. The minimum absolute atomic E-state index is 0.0522. The molecule has 1 aromatic heterocycles. The molecule has 0 spiro atoms. The summed E-state index contributed by atoms with van der Waals surface area (Å²) in [4.78, 5) is 28.2. The van der Waals surface area contributed by atoms with Crippen molar-refractivity contribution in [1.82, 2.24) is 9.88 Å². The predicted octanol–water partition coefficient (Wildman–Crippen LogP) is 1.66. The molecular formula is C13H16N2O4. The van der Waals surface area contributed by atoms with Gasteiger partial charge >= 0.3 is 12.1 Å². The highest BCUT2D eigenvalue weighted by atomic mass is 16.6. The molecule has 1 saturated heterocycles. The normalized spacial score (nSPS) is 19.1. The molecule has 1 atom stereocenters. The number of cyclic esters (lactones) is 1. The summed E-state index contributed by atoms with van der Waals surface area (Å²) in [6.45, 7) is 0.700. The Balaban J connectivity index is 2.03. The van der Waals surface area contributed by atoms with Crippen LogP contribution in [0.25, 0.3) is 0 Å². The summed E-state index contributed by atoms with van der Waals surface area (Å²) < 4.78 is 5.01. The van der Waals surface area contributed by atoms with E-state index < -0.39 is 12.1 Å². The number of carbonyl (C=O) groups excluding carboxylic acids is 1. The maximum atomic E-state index is 11.8. The van der Waals surface area contributed by atoms with Gasteiger partial charge in [0.25, 0.3) is 0 Å². The number of aromatic nitrogens is 1. The largest absolute Gasteiger partial charge is 0.481 e. The Bertz CT molecular complexity index is 449. The molecule has 6 heteroatoms. The van der Waals surface area contributed by atoms with Crippen molar-refractivity contribution in [3.8, 4) is 0 Å². The molecule has 1 aliphatic rings. The first-order valence-corrected chi connectivity index (χ1v) is 6.22.